The molecule has 0 saturated carbocycles. The fourth-order valence-corrected chi connectivity index (χ4v) is 6.30. The van der Waals surface area contributed by atoms with Crippen molar-refractivity contribution in [2.45, 2.75) is 39.5 Å². The van der Waals surface area contributed by atoms with Gasteiger partial charge in [-0.1, -0.05) is 81.5 Å². The van der Waals surface area contributed by atoms with Crippen LogP contribution in [-0.2, 0) is 5.41 Å². The normalized spacial score (nSPS) is 14.0. The summed E-state index contributed by atoms with van der Waals surface area (Å²) in [5, 5.41) is 8.64. The first kappa shape index (κ1) is 22.9. The second-order valence-electron chi connectivity index (χ2n) is 11.0. The minimum absolute atomic E-state index is 0.0257. The molecule has 7 rings (SSSR count). The summed E-state index contributed by atoms with van der Waals surface area (Å²) in [4.78, 5) is 0. The highest BCUT2D eigenvalue weighted by Gasteiger charge is 2.36. The Kier molecular flexibility index (Phi) is 5.03. The maximum atomic E-state index is 6.23. The number of hydrogen-bond acceptors (Lipinski definition) is 2. The van der Waals surface area contributed by atoms with Crippen LogP contribution in [0.1, 0.15) is 49.4 Å². The number of benzene rings is 5. The summed E-state index contributed by atoms with van der Waals surface area (Å²) in [6.45, 7) is 9.01. The SMILES string of the molecule is CC/C=C\c1c(C)ccc2oc3ccc(Nc4ccc5c(c4)-c4c(ccc6ccccc46)C5(C)C)cc3c12. The van der Waals surface area contributed by atoms with Crippen LogP contribution in [0.2, 0.25) is 0 Å². The van der Waals surface area contributed by atoms with Crippen molar-refractivity contribution in [3.8, 4) is 11.1 Å². The Morgan fingerprint density at radius 1 is 0.789 bits per heavy atom. The maximum Gasteiger partial charge on any atom is 0.136 e. The molecule has 0 spiro atoms. The minimum Gasteiger partial charge on any atom is -0.456 e. The first-order chi connectivity index (χ1) is 18.5. The molecule has 1 N–H and O–H groups in total. The average molecular weight is 494 g/mol. The number of allylic oxidation sites excluding steroid dienone is 1. The maximum absolute atomic E-state index is 6.23. The van der Waals surface area contributed by atoms with Gasteiger partial charge in [-0.25, -0.2) is 0 Å². The Bertz CT molecular complexity index is 1920. The topological polar surface area (TPSA) is 25.2 Å². The van der Waals surface area contributed by atoms with Gasteiger partial charge in [0.2, 0.25) is 0 Å². The van der Waals surface area contributed by atoms with Crippen LogP contribution in [-0.4, -0.2) is 0 Å². The second-order valence-corrected chi connectivity index (χ2v) is 11.0. The lowest BCUT2D eigenvalue weighted by Gasteiger charge is -2.21. The van der Waals surface area contributed by atoms with E-state index in [4.69, 9.17) is 4.42 Å². The lowest BCUT2D eigenvalue weighted by molar-refractivity contribution is 0.661. The summed E-state index contributed by atoms with van der Waals surface area (Å²) in [6, 6.07) is 30.8. The van der Waals surface area contributed by atoms with Gasteiger partial charge in [0.05, 0.1) is 0 Å². The zero-order valence-corrected chi connectivity index (χ0v) is 22.4. The number of aryl methyl sites for hydroxylation is 1. The highest BCUT2D eigenvalue weighted by Crippen LogP contribution is 2.52. The van der Waals surface area contributed by atoms with Crippen molar-refractivity contribution in [2.24, 2.45) is 0 Å². The van der Waals surface area contributed by atoms with E-state index in [2.05, 4.69) is 130 Å². The minimum atomic E-state index is -0.0257. The third kappa shape index (κ3) is 3.33. The van der Waals surface area contributed by atoms with Gasteiger partial charge in [-0.3, -0.25) is 0 Å². The van der Waals surface area contributed by atoms with Gasteiger partial charge >= 0.3 is 0 Å². The molecule has 5 aromatic carbocycles. The predicted octanol–water partition coefficient (Wildman–Crippen LogP) is 10.5. The van der Waals surface area contributed by atoms with Gasteiger partial charge in [0.1, 0.15) is 11.2 Å². The molecular weight excluding hydrogens is 462 g/mol. The summed E-state index contributed by atoms with van der Waals surface area (Å²) in [7, 11) is 0. The Hall–Kier alpha value is -4.30. The van der Waals surface area contributed by atoms with Gasteiger partial charge in [-0.05, 0) is 93.9 Å². The molecule has 0 aliphatic heterocycles. The van der Waals surface area contributed by atoms with E-state index in [1.54, 1.807) is 0 Å². The lowest BCUT2D eigenvalue weighted by atomic mass is 9.82. The summed E-state index contributed by atoms with van der Waals surface area (Å²) in [6.07, 6.45) is 5.46. The quantitative estimate of drug-likeness (QED) is 0.264. The molecule has 186 valence electrons. The molecule has 0 atom stereocenters. The molecule has 1 heterocycles. The number of fused-ring (bicyclic) bond motifs is 8. The summed E-state index contributed by atoms with van der Waals surface area (Å²) in [5.74, 6) is 0. The standard InChI is InChI=1S/C36H31NO/c1-5-6-10-26-22(2)12-18-33-35(26)29-21-25(15-19-32(29)38-33)37-24-14-17-30-28(20-24)34-27-11-8-7-9-23(27)13-16-31(34)36(30,3)4/h6-21,37H,5H2,1-4H3/b10-6-. The fraction of sp³-hybridized carbons (Fsp3) is 0.167. The van der Waals surface area contributed by atoms with Crippen molar-refractivity contribution in [2.75, 3.05) is 5.32 Å². The molecule has 0 unspecified atom stereocenters. The summed E-state index contributed by atoms with van der Waals surface area (Å²) in [5.41, 5.74) is 11.9. The predicted molar refractivity (Wildman–Crippen MR) is 163 cm³/mol. The molecule has 1 aliphatic carbocycles. The Morgan fingerprint density at radius 2 is 1.55 bits per heavy atom. The number of anilines is 2. The van der Waals surface area contributed by atoms with E-state index in [1.165, 1.54) is 49.5 Å². The fourth-order valence-electron chi connectivity index (χ4n) is 6.30. The van der Waals surface area contributed by atoms with Gasteiger partial charge in [0.15, 0.2) is 0 Å². The summed E-state index contributed by atoms with van der Waals surface area (Å²) >= 11 is 0. The second kappa shape index (κ2) is 8.36. The molecule has 0 bridgehead atoms. The molecule has 0 amide bonds. The van der Waals surface area contributed by atoms with Gasteiger partial charge in [0.25, 0.3) is 0 Å². The average Bonchev–Trinajstić information content (AvgIpc) is 3.40. The van der Waals surface area contributed by atoms with Crippen molar-refractivity contribution >= 4 is 50.2 Å². The Labute approximate surface area is 223 Å². The zero-order valence-electron chi connectivity index (χ0n) is 22.4. The van der Waals surface area contributed by atoms with Crippen molar-refractivity contribution in [1.82, 2.24) is 0 Å². The third-order valence-corrected chi connectivity index (χ3v) is 8.27. The van der Waals surface area contributed by atoms with Gasteiger partial charge in [0, 0.05) is 27.6 Å². The van der Waals surface area contributed by atoms with Crippen LogP contribution in [0.25, 0.3) is 49.9 Å². The molecule has 0 fully saturated rings. The third-order valence-electron chi connectivity index (χ3n) is 8.27. The van der Waals surface area contributed by atoms with Crippen molar-refractivity contribution in [3.63, 3.8) is 0 Å². The zero-order chi connectivity index (χ0) is 26.0. The van der Waals surface area contributed by atoms with E-state index < -0.39 is 0 Å². The summed E-state index contributed by atoms with van der Waals surface area (Å²) < 4.78 is 6.23. The van der Waals surface area contributed by atoms with E-state index in [0.717, 1.165) is 34.3 Å². The van der Waals surface area contributed by atoms with Crippen LogP contribution in [0.5, 0.6) is 0 Å². The van der Waals surface area contributed by atoms with Crippen LogP contribution in [0, 0.1) is 6.92 Å². The molecule has 6 aromatic rings. The van der Waals surface area contributed by atoms with Crippen LogP contribution in [0.4, 0.5) is 11.4 Å². The van der Waals surface area contributed by atoms with E-state index in [1.807, 2.05) is 0 Å². The van der Waals surface area contributed by atoms with Gasteiger partial charge in [-0.15, -0.1) is 0 Å². The number of nitrogens with one attached hydrogen (secondary N) is 1. The Morgan fingerprint density at radius 3 is 2.42 bits per heavy atom. The van der Waals surface area contributed by atoms with Crippen molar-refractivity contribution in [1.29, 1.82) is 0 Å². The van der Waals surface area contributed by atoms with E-state index in [-0.39, 0.29) is 5.41 Å². The van der Waals surface area contributed by atoms with E-state index >= 15 is 0 Å². The molecule has 1 aliphatic rings. The van der Waals surface area contributed by atoms with Gasteiger partial charge in [-0.2, -0.15) is 0 Å². The monoisotopic (exact) mass is 493 g/mol. The van der Waals surface area contributed by atoms with Crippen LogP contribution in [0.3, 0.4) is 0 Å². The molecule has 0 saturated heterocycles. The largest absolute Gasteiger partial charge is 0.456 e. The smallest absolute Gasteiger partial charge is 0.136 e. The van der Waals surface area contributed by atoms with Crippen LogP contribution < -0.4 is 5.32 Å². The number of rotatable bonds is 4. The number of hydrogen-bond donors (Lipinski definition) is 1. The molecule has 38 heavy (non-hydrogen) atoms. The molecule has 2 nitrogen and oxygen atoms in total. The lowest BCUT2D eigenvalue weighted by Crippen LogP contribution is -2.14. The molecular formula is C36H31NO. The highest BCUT2D eigenvalue weighted by molar-refractivity contribution is 6.10. The molecule has 2 heteroatoms. The van der Waals surface area contributed by atoms with Crippen LogP contribution in [0.15, 0.2) is 95.4 Å². The molecule has 0 radical (unpaired) electrons. The van der Waals surface area contributed by atoms with E-state index in [0.29, 0.717) is 0 Å². The van der Waals surface area contributed by atoms with Gasteiger partial charge < -0.3 is 9.73 Å². The number of furan rings is 1. The van der Waals surface area contributed by atoms with Crippen molar-refractivity contribution < 1.29 is 4.42 Å². The first-order valence-electron chi connectivity index (χ1n) is 13.5. The molecule has 1 aromatic heterocycles. The van der Waals surface area contributed by atoms with Crippen LogP contribution >= 0.6 is 0 Å². The van der Waals surface area contributed by atoms with E-state index in [9.17, 15) is 0 Å². The first-order valence-corrected chi connectivity index (χ1v) is 13.5. The van der Waals surface area contributed by atoms with Crippen molar-refractivity contribution in [3.05, 3.63) is 113 Å². The Balaban J connectivity index is 1.35. The highest BCUT2D eigenvalue weighted by atomic mass is 16.3.